The predicted molar refractivity (Wildman–Crippen MR) is 150 cm³/mol. The second-order valence-corrected chi connectivity index (χ2v) is 9.61. The number of aromatic amines is 1. The van der Waals surface area contributed by atoms with Gasteiger partial charge < -0.3 is 23.8 Å². The average Bonchev–Trinajstić information content (AvgIpc) is 3.67. The van der Waals surface area contributed by atoms with Gasteiger partial charge in [0.1, 0.15) is 29.8 Å². The monoisotopic (exact) mass is 541 g/mol. The van der Waals surface area contributed by atoms with Gasteiger partial charge in [-0.3, -0.25) is 9.69 Å². The van der Waals surface area contributed by atoms with Crippen molar-refractivity contribution < 1.29 is 13.9 Å². The van der Waals surface area contributed by atoms with E-state index >= 15 is 0 Å². The van der Waals surface area contributed by atoms with Gasteiger partial charge in [-0.05, 0) is 65.9 Å². The maximum atomic E-state index is 13.6. The fraction of sp³-hybridized carbons (Fsp3) is 0.310. The van der Waals surface area contributed by atoms with Crippen LogP contribution in [-0.2, 0) is 6.54 Å². The topological polar surface area (TPSA) is 115 Å². The molecule has 1 aliphatic rings. The molecule has 1 N–H and O–H groups in total. The number of piperazine rings is 1. The molecular formula is C29H31N7O4. The largest absolute Gasteiger partial charge is 0.495 e. The summed E-state index contributed by atoms with van der Waals surface area (Å²) in [6, 6.07) is 18.9. The average molecular weight is 542 g/mol. The maximum absolute atomic E-state index is 13.6. The zero-order valence-corrected chi connectivity index (χ0v) is 22.5. The first-order valence-corrected chi connectivity index (χ1v) is 13.3. The number of nitrogens with one attached hydrogen (secondary N) is 1. The van der Waals surface area contributed by atoms with Crippen LogP contribution in [0.15, 0.2) is 76.1 Å². The number of para-hydroxylation sites is 2. The molecule has 1 saturated heterocycles. The van der Waals surface area contributed by atoms with Crippen molar-refractivity contribution in [2.24, 2.45) is 0 Å². The van der Waals surface area contributed by atoms with Crippen molar-refractivity contribution in [2.45, 2.75) is 19.5 Å². The van der Waals surface area contributed by atoms with Crippen LogP contribution < -0.4 is 19.9 Å². The number of tetrazole rings is 1. The summed E-state index contributed by atoms with van der Waals surface area (Å²) >= 11 is 0. The Morgan fingerprint density at radius 3 is 2.67 bits per heavy atom. The number of aromatic nitrogens is 5. The number of rotatable bonds is 9. The van der Waals surface area contributed by atoms with Gasteiger partial charge in [0.15, 0.2) is 5.82 Å². The van der Waals surface area contributed by atoms with E-state index in [1.54, 1.807) is 18.1 Å². The van der Waals surface area contributed by atoms with Crippen LogP contribution in [0, 0.1) is 0 Å². The lowest BCUT2D eigenvalue weighted by atomic mass is 10.0. The van der Waals surface area contributed by atoms with Crippen LogP contribution in [0.5, 0.6) is 11.5 Å². The van der Waals surface area contributed by atoms with Crippen molar-refractivity contribution in [3.63, 3.8) is 0 Å². The van der Waals surface area contributed by atoms with Crippen molar-refractivity contribution in [3.8, 4) is 11.5 Å². The lowest BCUT2D eigenvalue weighted by molar-refractivity contribution is 0.199. The smallest absolute Gasteiger partial charge is 0.253 e. The first-order valence-electron chi connectivity index (χ1n) is 13.3. The molecule has 11 nitrogen and oxygen atoms in total. The first-order chi connectivity index (χ1) is 19.6. The molecule has 0 amide bonds. The van der Waals surface area contributed by atoms with E-state index in [0.717, 1.165) is 46.9 Å². The predicted octanol–water partition coefficient (Wildman–Crippen LogP) is 3.47. The molecule has 1 aliphatic heterocycles. The number of pyridine rings is 1. The number of hydrogen-bond acceptors (Lipinski definition) is 9. The highest BCUT2D eigenvalue weighted by Gasteiger charge is 2.33. The zero-order valence-electron chi connectivity index (χ0n) is 22.5. The van der Waals surface area contributed by atoms with E-state index in [-0.39, 0.29) is 5.56 Å². The minimum atomic E-state index is -0.478. The summed E-state index contributed by atoms with van der Waals surface area (Å²) in [5.74, 6) is 2.89. The van der Waals surface area contributed by atoms with Gasteiger partial charge in [0.2, 0.25) is 0 Å². The molecule has 6 rings (SSSR count). The standard InChI is InChI=1S/C29H31N7O4/c1-3-39-21-10-11-24-20(17-21)18-23(29(37)30-24)27(28-31-32-33-36(28)19-22-7-6-16-40-22)35-14-12-34(13-15-35)25-8-4-5-9-26(25)38-2/h4-11,16-18,27H,3,12-15,19H2,1-2H3,(H,30,37)/t27-/m0/s1. The highest BCUT2D eigenvalue weighted by molar-refractivity contribution is 5.80. The second-order valence-electron chi connectivity index (χ2n) is 9.61. The van der Waals surface area contributed by atoms with Gasteiger partial charge in [0.25, 0.3) is 5.56 Å². The molecule has 0 bridgehead atoms. The van der Waals surface area contributed by atoms with E-state index in [2.05, 4.69) is 36.4 Å². The summed E-state index contributed by atoms with van der Waals surface area (Å²) in [6.45, 7) is 5.73. The summed E-state index contributed by atoms with van der Waals surface area (Å²) in [7, 11) is 1.69. The molecule has 40 heavy (non-hydrogen) atoms. The van der Waals surface area contributed by atoms with Crippen molar-refractivity contribution >= 4 is 16.6 Å². The Kier molecular flexibility index (Phi) is 7.19. The summed E-state index contributed by atoms with van der Waals surface area (Å²) < 4.78 is 18.6. The number of benzene rings is 2. The number of nitrogens with zero attached hydrogens (tertiary/aromatic N) is 6. The van der Waals surface area contributed by atoms with Gasteiger partial charge in [0, 0.05) is 42.6 Å². The third-order valence-corrected chi connectivity index (χ3v) is 7.25. The zero-order chi connectivity index (χ0) is 27.5. The SMILES string of the molecule is CCOc1ccc2[nH]c(=O)c([C@@H](c3nnnn3Cc3ccco3)N3CCN(c4ccccc4OC)CC3)cc2c1. The van der Waals surface area contributed by atoms with Crippen molar-refractivity contribution in [1.29, 1.82) is 0 Å². The lowest BCUT2D eigenvalue weighted by Crippen LogP contribution is -2.49. The molecule has 11 heteroatoms. The van der Waals surface area contributed by atoms with Crippen LogP contribution in [0.3, 0.4) is 0 Å². The molecule has 0 saturated carbocycles. The Labute approximate surface area is 230 Å². The van der Waals surface area contributed by atoms with E-state index in [4.69, 9.17) is 13.9 Å². The lowest BCUT2D eigenvalue weighted by Gasteiger charge is -2.40. The number of fused-ring (bicyclic) bond motifs is 1. The maximum Gasteiger partial charge on any atom is 0.253 e. The Morgan fingerprint density at radius 1 is 1.05 bits per heavy atom. The molecular weight excluding hydrogens is 510 g/mol. The van der Waals surface area contributed by atoms with Gasteiger partial charge in [-0.25, -0.2) is 4.68 Å². The number of anilines is 1. The number of furan rings is 1. The Hall–Kier alpha value is -4.64. The minimum absolute atomic E-state index is 0.179. The fourth-order valence-corrected chi connectivity index (χ4v) is 5.34. The third kappa shape index (κ3) is 5.03. The van der Waals surface area contributed by atoms with Crippen LogP contribution >= 0.6 is 0 Å². The summed E-state index contributed by atoms with van der Waals surface area (Å²) in [6.07, 6.45) is 1.62. The normalized spacial score (nSPS) is 14.9. The highest BCUT2D eigenvalue weighted by Crippen LogP contribution is 2.32. The minimum Gasteiger partial charge on any atom is -0.495 e. The number of H-pyrrole nitrogens is 1. The summed E-state index contributed by atoms with van der Waals surface area (Å²) in [4.78, 5) is 21.2. The van der Waals surface area contributed by atoms with E-state index in [9.17, 15) is 4.79 Å². The van der Waals surface area contributed by atoms with Crippen LogP contribution in [0.25, 0.3) is 10.9 Å². The van der Waals surface area contributed by atoms with E-state index in [0.29, 0.717) is 37.6 Å². The summed E-state index contributed by atoms with van der Waals surface area (Å²) in [5.41, 5.74) is 2.19. The Balaban J connectivity index is 1.38. The quantitative estimate of drug-likeness (QED) is 0.300. The van der Waals surface area contributed by atoms with Gasteiger partial charge in [-0.2, -0.15) is 0 Å². The molecule has 0 unspecified atom stereocenters. The van der Waals surface area contributed by atoms with Crippen LogP contribution in [0.4, 0.5) is 5.69 Å². The van der Waals surface area contributed by atoms with E-state index in [1.807, 2.05) is 61.5 Å². The molecule has 3 aromatic heterocycles. The number of methoxy groups -OCH3 is 1. The Morgan fingerprint density at radius 2 is 1.90 bits per heavy atom. The fourth-order valence-electron chi connectivity index (χ4n) is 5.34. The molecule has 1 fully saturated rings. The number of hydrogen-bond donors (Lipinski definition) is 1. The van der Waals surface area contributed by atoms with E-state index < -0.39 is 6.04 Å². The van der Waals surface area contributed by atoms with Crippen LogP contribution in [-0.4, -0.2) is 70.0 Å². The second kappa shape index (κ2) is 11.2. The molecule has 0 aliphatic carbocycles. The van der Waals surface area contributed by atoms with Crippen molar-refractivity contribution in [1.82, 2.24) is 30.1 Å². The molecule has 1 atom stereocenters. The Bertz CT molecular complexity index is 1640. The third-order valence-electron chi connectivity index (χ3n) is 7.25. The van der Waals surface area contributed by atoms with Gasteiger partial charge in [-0.1, -0.05) is 12.1 Å². The van der Waals surface area contributed by atoms with Crippen LogP contribution in [0.1, 0.15) is 30.1 Å². The first kappa shape index (κ1) is 25.6. The molecule has 2 aromatic carbocycles. The molecule has 206 valence electrons. The highest BCUT2D eigenvalue weighted by atomic mass is 16.5. The van der Waals surface area contributed by atoms with Gasteiger partial charge in [-0.15, -0.1) is 5.10 Å². The van der Waals surface area contributed by atoms with Crippen LogP contribution in [0.2, 0.25) is 0 Å². The van der Waals surface area contributed by atoms with Crippen molar-refractivity contribution in [3.05, 3.63) is 94.4 Å². The molecule has 5 aromatic rings. The molecule has 4 heterocycles. The number of ether oxygens (including phenoxy) is 2. The van der Waals surface area contributed by atoms with Gasteiger partial charge in [0.05, 0.1) is 25.7 Å². The molecule has 0 radical (unpaired) electrons. The van der Waals surface area contributed by atoms with Crippen molar-refractivity contribution in [2.75, 3.05) is 44.8 Å². The summed E-state index contributed by atoms with van der Waals surface area (Å²) in [5, 5.41) is 13.6. The molecule has 0 spiro atoms. The van der Waals surface area contributed by atoms with Gasteiger partial charge >= 0.3 is 0 Å². The van der Waals surface area contributed by atoms with E-state index in [1.165, 1.54) is 0 Å².